The van der Waals surface area contributed by atoms with Gasteiger partial charge in [-0.2, -0.15) is 0 Å². The first-order valence-corrected chi connectivity index (χ1v) is 35.8. The normalized spacial score (nSPS) is 12.3. The maximum Gasteiger partial charge on any atom is 0.252 e. The number of para-hydroxylation sites is 4. The number of hydrogen-bond acceptors (Lipinski definition) is 2. The molecular weight excluding hydrogens is 1220 g/mol. The summed E-state index contributed by atoms with van der Waals surface area (Å²) in [4.78, 5) is 5.47. The van der Waals surface area contributed by atoms with Crippen LogP contribution in [0.15, 0.2) is 352 Å². The first kappa shape index (κ1) is 59.8. The van der Waals surface area contributed by atoms with E-state index >= 15 is 0 Å². The molecule has 19 rings (SSSR count). The Kier molecular flexibility index (Phi) is 14.9. The van der Waals surface area contributed by atoms with E-state index in [4.69, 9.17) is 0 Å². The van der Waals surface area contributed by atoms with Crippen LogP contribution in [0.2, 0.25) is 0 Å². The quantitative estimate of drug-likeness (QED) is 0.0751. The zero-order valence-electron chi connectivity index (χ0n) is 56.4. The van der Waals surface area contributed by atoms with E-state index in [1.54, 1.807) is 0 Å². The average molecular weight is 1290 g/mol. The van der Waals surface area contributed by atoms with Crippen molar-refractivity contribution in [2.75, 3.05) is 9.80 Å². The van der Waals surface area contributed by atoms with E-state index in [0.717, 1.165) is 115 Å². The van der Waals surface area contributed by atoms with Gasteiger partial charge in [0.25, 0.3) is 6.71 Å². The zero-order chi connectivity index (χ0) is 66.9. The van der Waals surface area contributed by atoms with E-state index in [1.165, 1.54) is 94.5 Å². The smallest absolute Gasteiger partial charge is 0.252 e. The second-order valence-electron chi connectivity index (χ2n) is 27.2. The summed E-state index contributed by atoms with van der Waals surface area (Å²) in [6, 6.07) is 132. The molecule has 4 heterocycles. The standard InChI is InChI=1S/C96H71BN4/c1-2-3-4-11-32-65-57-92-94-93(58-65)101(96-82(70-41-20-9-21-42-70)61-73(67-35-14-6-15-36-67)62-83(96)71-43-22-10-23-44-71)91-64-75(99-88-51-30-26-47-78(88)79-48-27-31-52-89(79)99)54-56-85(91)97(94)84-55-53-74(98-86-49-28-24-45-76(86)77-46-25-29-50-87(77)98)63-90(84)100(92)95-80(68-37-16-7-17-38-68)59-72(66-33-12-5-13-34-66)60-81(95)69-39-18-8-19-40-69/h5-10,12-31,33-64H,2-4,11,32H2,1H3. The molecule has 2 aliphatic rings. The topological polar surface area (TPSA) is 16.3 Å². The minimum atomic E-state index is -0.223. The lowest BCUT2D eigenvalue weighted by Gasteiger charge is -2.46. The van der Waals surface area contributed by atoms with Crippen LogP contribution < -0.4 is 26.2 Å². The summed E-state index contributed by atoms with van der Waals surface area (Å²) in [6.45, 7) is 2.10. The highest BCUT2D eigenvalue weighted by Gasteiger charge is 2.46. The van der Waals surface area contributed by atoms with Crippen molar-refractivity contribution in [3.63, 3.8) is 0 Å². The van der Waals surface area contributed by atoms with Crippen LogP contribution in [0.4, 0.5) is 34.1 Å². The van der Waals surface area contributed by atoms with E-state index in [0.29, 0.717) is 0 Å². The number of unbranched alkanes of at least 4 members (excludes halogenated alkanes) is 3. The Hall–Kier alpha value is -12.4. The van der Waals surface area contributed by atoms with Gasteiger partial charge in [0.1, 0.15) is 0 Å². The summed E-state index contributed by atoms with van der Waals surface area (Å²) >= 11 is 0. The molecule has 0 spiro atoms. The molecule has 0 saturated heterocycles. The molecule has 15 aromatic carbocycles. The van der Waals surface area contributed by atoms with Crippen molar-refractivity contribution in [1.82, 2.24) is 9.13 Å². The van der Waals surface area contributed by atoms with Crippen molar-refractivity contribution in [2.45, 2.75) is 39.0 Å². The molecule has 2 aromatic heterocycles. The summed E-state index contributed by atoms with van der Waals surface area (Å²) < 4.78 is 5.01. The highest BCUT2D eigenvalue weighted by atomic mass is 15.2. The Balaban J connectivity index is 0.992. The second kappa shape index (κ2) is 25.1. The molecule has 0 aliphatic carbocycles. The number of rotatable bonds is 15. The Morgan fingerprint density at radius 3 is 0.891 bits per heavy atom. The Bertz CT molecular complexity index is 5410. The van der Waals surface area contributed by atoms with Gasteiger partial charge in [-0.05, 0) is 164 Å². The Morgan fingerprint density at radius 2 is 0.564 bits per heavy atom. The molecule has 2 aliphatic heterocycles. The number of fused-ring (bicyclic) bond motifs is 10. The predicted molar refractivity (Wildman–Crippen MR) is 430 cm³/mol. The summed E-state index contributed by atoms with van der Waals surface area (Å²) in [6.07, 6.45) is 5.44. The fraction of sp³-hybridized carbons (Fsp3) is 0.0625. The molecule has 0 N–H and O–H groups in total. The van der Waals surface area contributed by atoms with Crippen LogP contribution in [-0.4, -0.2) is 15.8 Å². The van der Waals surface area contributed by atoms with Gasteiger partial charge in [0, 0.05) is 77.9 Å². The van der Waals surface area contributed by atoms with Crippen LogP contribution in [0.1, 0.15) is 38.2 Å². The maximum atomic E-state index is 2.74. The summed E-state index contributed by atoms with van der Waals surface area (Å²) in [5.41, 5.74) is 32.7. The van der Waals surface area contributed by atoms with Gasteiger partial charge < -0.3 is 18.9 Å². The van der Waals surface area contributed by atoms with Crippen molar-refractivity contribution < 1.29 is 0 Å². The zero-order valence-corrected chi connectivity index (χ0v) is 56.4. The van der Waals surface area contributed by atoms with Crippen LogP contribution in [0.25, 0.3) is 122 Å². The van der Waals surface area contributed by atoms with Crippen LogP contribution in [0.3, 0.4) is 0 Å². The Labute approximate surface area is 590 Å². The molecule has 17 aromatic rings. The van der Waals surface area contributed by atoms with Gasteiger partial charge in [-0.3, -0.25) is 0 Å². The molecule has 0 radical (unpaired) electrons. The molecule has 5 heteroatoms. The van der Waals surface area contributed by atoms with Gasteiger partial charge in [-0.25, -0.2) is 0 Å². The van der Waals surface area contributed by atoms with Gasteiger partial charge in [-0.1, -0.05) is 293 Å². The highest BCUT2D eigenvalue weighted by molar-refractivity contribution is 7.00. The van der Waals surface area contributed by atoms with Crippen molar-refractivity contribution in [2.24, 2.45) is 0 Å². The van der Waals surface area contributed by atoms with E-state index in [9.17, 15) is 0 Å². The van der Waals surface area contributed by atoms with Crippen LogP contribution >= 0.6 is 0 Å². The van der Waals surface area contributed by atoms with Gasteiger partial charge in [-0.15, -0.1) is 0 Å². The average Bonchev–Trinajstić information content (AvgIpc) is 1.09. The van der Waals surface area contributed by atoms with E-state index in [-0.39, 0.29) is 6.71 Å². The molecule has 101 heavy (non-hydrogen) atoms. The lowest BCUT2D eigenvalue weighted by molar-refractivity contribution is 0.667. The van der Waals surface area contributed by atoms with Gasteiger partial charge in [0.05, 0.1) is 33.4 Å². The number of aryl methyl sites for hydroxylation is 1. The lowest BCUT2D eigenvalue weighted by Crippen LogP contribution is -2.61. The van der Waals surface area contributed by atoms with E-state index in [2.05, 4.69) is 378 Å². The number of nitrogens with zero attached hydrogens (tertiary/aromatic N) is 4. The largest absolute Gasteiger partial charge is 0.310 e. The Morgan fingerprint density at radius 1 is 0.257 bits per heavy atom. The number of benzene rings is 15. The molecule has 0 atom stereocenters. The van der Waals surface area contributed by atoms with Crippen LogP contribution in [0, 0.1) is 0 Å². The maximum absolute atomic E-state index is 2.74. The van der Waals surface area contributed by atoms with Crippen molar-refractivity contribution in [3.8, 4) is 78.1 Å². The number of hydrogen-bond donors (Lipinski definition) is 0. The molecule has 0 saturated carbocycles. The van der Waals surface area contributed by atoms with Crippen LogP contribution in [0.5, 0.6) is 0 Å². The summed E-state index contributed by atoms with van der Waals surface area (Å²) in [7, 11) is 0. The second-order valence-corrected chi connectivity index (χ2v) is 27.2. The van der Waals surface area contributed by atoms with Gasteiger partial charge in [0.15, 0.2) is 0 Å². The van der Waals surface area contributed by atoms with Crippen molar-refractivity contribution in [3.05, 3.63) is 357 Å². The SMILES string of the molecule is CCCCCCc1cc2c3c(c1)N(c1c(-c4ccccc4)cc(-c4ccccc4)cc1-c1ccccc1)c1cc(-n4c5ccccc5c5ccccc54)ccc1B3c1ccc(-n3c4ccccc4c4ccccc43)cc1N2c1c(-c2ccccc2)cc(-c2ccccc2)cc1-c1ccccc1. The molecule has 4 nitrogen and oxygen atoms in total. The fourth-order valence-corrected chi connectivity index (χ4v) is 16.8. The minimum absolute atomic E-state index is 0.223. The minimum Gasteiger partial charge on any atom is -0.310 e. The fourth-order valence-electron chi connectivity index (χ4n) is 16.8. The van der Waals surface area contributed by atoms with Crippen molar-refractivity contribution in [1.29, 1.82) is 0 Å². The lowest BCUT2D eigenvalue weighted by atomic mass is 9.33. The third kappa shape index (κ3) is 10.1. The molecule has 0 unspecified atom stereocenters. The number of aromatic nitrogens is 2. The van der Waals surface area contributed by atoms with Gasteiger partial charge in [0.2, 0.25) is 0 Å². The summed E-state index contributed by atoms with van der Waals surface area (Å²) in [5, 5.41) is 4.93. The molecule has 0 amide bonds. The predicted octanol–water partition coefficient (Wildman–Crippen LogP) is 24.1. The first-order valence-electron chi connectivity index (χ1n) is 35.8. The third-order valence-electron chi connectivity index (χ3n) is 21.3. The number of anilines is 6. The monoisotopic (exact) mass is 1290 g/mol. The summed E-state index contributed by atoms with van der Waals surface area (Å²) in [5.74, 6) is 0. The molecule has 0 bridgehead atoms. The van der Waals surface area contributed by atoms with E-state index < -0.39 is 0 Å². The first-order chi connectivity index (χ1) is 50.1. The molecule has 478 valence electrons. The van der Waals surface area contributed by atoms with E-state index in [1.807, 2.05) is 0 Å². The van der Waals surface area contributed by atoms with Crippen LogP contribution in [-0.2, 0) is 6.42 Å². The third-order valence-corrected chi connectivity index (χ3v) is 21.3. The van der Waals surface area contributed by atoms with Gasteiger partial charge >= 0.3 is 0 Å². The highest BCUT2D eigenvalue weighted by Crippen LogP contribution is 2.55. The molecular formula is C96H71BN4. The van der Waals surface area contributed by atoms with Crippen molar-refractivity contribution >= 4 is 101 Å². The molecule has 0 fully saturated rings.